The Bertz CT molecular complexity index is 1190. The topological polar surface area (TPSA) is 145 Å². The Hall–Kier alpha value is -4.40. The van der Waals surface area contributed by atoms with E-state index in [1.165, 1.54) is 12.3 Å². The maximum absolute atomic E-state index is 11.3. The van der Waals surface area contributed by atoms with E-state index in [1.807, 2.05) is 18.2 Å². The third-order valence-corrected chi connectivity index (χ3v) is 3.93. The van der Waals surface area contributed by atoms with Gasteiger partial charge in [0.2, 0.25) is 5.95 Å². The van der Waals surface area contributed by atoms with Crippen molar-refractivity contribution in [3.8, 4) is 22.8 Å². The van der Waals surface area contributed by atoms with Gasteiger partial charge in [-0.1, -0.05) is 0 Å². The van der Waals surface area contributed by atoms with Gasteiger partial charge in [-0.25, -0.2) is 9.97 Å². The van der Waals surface area contributed by atoms with Gasteiger partial charge >= 0.3 is 0 Å². The van der Waals surface area contributed by atoms with Crippen LogP contribution < -0.4 is 27.1 Å². The van der Waals surface area contributed by atoms with Crippen LogP contribution in [0.5, 0.6) is 11.5 Å². The van der Waals surface area contributed by atoms with Crippen LogP contribution in [0.2, 0.25) is 0 Å². The first-order valence-corrected chi connectivity index (χ1v) is 8.65. The Kier molecular flexibility index (Phi) is 4.77. The molecule has 9 nitrogen and oxygen atoms in total. The fraction of sp³-hybridized carbons (Fsp3) is 0. The highest BCUT2D eigenvalue weighted by molar-refractivity contribution is 5.67. The first-order valence-electron chi connectivity index (χ1n) is 8.65. The van der Waals surface area contributed by atoms with Crippen LogP contribution >= 0.6 is 0 Å². The molecule has 0 bridgehead atoms. The quantitative estimate of drug-likeness (QED) is 0.409. The molecule has 6 N–H and O–H groups in total. The van der Waals surface area contributed by atoms with Gasteiger partial charge in [-0.05, 0) is 42.5 Å². The van der Waals surface area contributed by atoms with Crippen LogP contribution in [-0.2, 0) is 0 Å². The number of aromatic amines is 1. The van der Waals surface area contributed by atoms with E-state index < -0.39 is 0 Å². The molecule has 0 atom stereocenters. The zero-order valence-corrected chi connectivity index (χ0v) is 15.2. The monoisotopic (exact) mass is 387 g/mol. The van der Waals surface area contributed by atoms with Crippen LogP contribution in [0.3, 0.4) is 0 Å². The lowest BCUT2D eigenvalue weighted by Crippen LogP contribution is -2.02. The fourth-order valence-electron chi connectivity index (χ4n) is 2.61. The highest BCUT2D eigenvalue weighted by Crippen LogP contribution is 2.25. The van der Waals surface area contributed by atoms with Crippen molar-refractivity contribution in [2.45, 2.75) is 0 Å². The van der Waals surface area contributed by atoms with Crippen molar-refractivity contribution in [2.24, 2.45) is 0 Å². The number of nitrogens with zero attached hydrogens (tertiary/aromatic N) is 3. The lowest BCUT2D eigenvalue weighted by Gasteiger charge is -2.10. The number of H-pyrrole nitrogens is 1. The summed E-state index contributed by atoms with van der Waals surface area (Å²) < 4.78 is 5.66. The highest BCUT2D eigenvalue weighted by atomic mass is 16.5. The summed E-state index contributed by atoms with van der Waals surface area (Å²) in [4.78, 5) is 26.4. The molecule has 0 aliphatic heterocycles. The maximum atomic E-state index is 11.3. The Morgan fingerprint density at radius 1 is 0.931 bits per heavy atom. The maximum Gasteiger partial charge on any atom is 0.251 e. The number of hydrogen-bond donors (Lipinski definition) is 4. The van der Waals surface area contributed by atoms with Crippen LogP contribution in [0.25, 0.3) is 11.3 Å². The van der Waals surface area contributed by atoms with Gasteiger partial charge in [0.15, 0.2) is 0 Å². The van der Waals surface area contributed by atoms with E-state index in [2.05, 4.69) is 25.3 Å². The molecule has 9 heteroatoms. The molecule has 0 aliphatic carbocycles. The molecule has 3 aromatic heterocycles. The molecular formula is C20H17N7O2. The van der Waals surface area contributed by atoms with Crippen LogP contribution in [0.15, 0.2) is 71.8 Å². The molecular weight excluding hydrogens is 370 g/mol. The Labute approximate surface area is 165 Å². The first kappa shape index (κ1) is 18.0. The Balaban J connectivity index is 1.51. The van der Waals surface area contributed by atoms with E-state index in [0.29, 0.717) is 28.8 Å². The predicted octanol–water partition coefficient (Wildman–Crippen LogP) is 2.93. The number of ether oxygens (including phenoxy) is 1. The second-order valence-electron chi connectivity index (χ2n) is 6.11. The molecule has 0 aliphatic rings. The number of anilines is 4. The average molecular weight is 387 g/mol. The molecule has 0 amide bonds. The molecule has 29 heavy (non-hydrogen) atoms. The molecule has 144 valence electrons. The Morgan fingerprint density at radius 2 is 1.76 bits per heavy atom. The number of benzene rings is 1. The average Bonchev–Trinajstić information content (AvgIpc) is 2.70. The summed E-state index contributed by atoms with van der Waals surface area (Å²) in [6, 6.07) is 15.5. The molecule has 4 aromatic rings. The highest BCUT2D eigenvalue weighted by Gasteiger charge is 2.07. The number of rotatable bonds is 5. The van der Waals surface area contributed by atoms with Crippen molar-refractivity contribution in [3.05, 3.63) is 77.3 Å². The van der Waals surface area contributed by atoms with Crippen molar-refractivity contribution in [3.63, 3.8) is 0 Å². The van der Waals surface area contributed by atoms with E-state index in [-0.39, 0.29) is 11.5 Å². The summed E-state index contributed by atoms with van der Waals surface area (Å²) in [6.45, 7) is 0. The van der Waals surface area contributed by atoms with Crippen molar-refractivity contribution in [1.29, 1.82) is 0 Å². The van der Waals surface area contributed by atoms with Crippen molar-refractivity contribution in [2.75, 3.05) is 16.8 Å². The zero-order chi connectivity index (χ0) is 20.2. The smallest absolute Gasteiger partial charge is 0.251 e. The molecule has 0 saturated carbocycles. The number of nitrogen functional groups attached to an aromatic ring is 2. The van der Waals surface area contributed by atoms with E-state index >= 15 is 0 Å². The third kappa shape index (κ3) is 4.48. The number of pyridine rings is 2. The van der Waals surface area contributed by atoms with Gasteiger partial charge in [0.1, 0.15) is 23.1 Å². The van der Waals surface area contributed by atoms with E-state index in [1.54, 1.807) is 36.5 Å². The van der Waals surface area contributed by atoms with Gasteiger partial charge in [0.05, 0.1) is 5.69 Å². The van der Waals surface area contributed by atoms with E-state index in [4.69, 9.17) is 16.2 Å². The van der Waals surface area contributed by atoms with Gasteiger partial charge in [-0.3, -0.25) is 4.79 Å². The number of nitrogens with two attached hydrogens (primary N) is 2. The summed E-state index contributed by atoms with van der Waals surface area (Å²) in [5.41, 5.74) is 13.4. The summed E-state index contributed by atoms with van der Waals surface area (Å²) in [5, 5.41) is 3.18. The minimum absolute atomic E-state index is 0.135. The molecule has 0 spiro atoms. The molecule has 3 heterocycles. The second kappa shape index (κ2) is 7.69. The van der Waals surface area contributed by atoms with Crippen LogP contribution in [-0.4, -0.2) is 19.9 Å². The minimum Gasteiger partial charge on any atom is -0.457 e. The van der Waals surface area contributed by atoms with Crippen molar-refractivity contribution < 1.29 is 4.74 Å². The van der Waals surface area contributed by atoms with E-state index in [9.17, 15) is 4.79 Å². The number of nitrogens with one attached hydrogen (secondary N) is 2. The zero-order valence-electron chi connectivity index (χ0n) is 15.2. The normalized spacial score (nSPS) is 10.5. The third-order valence-electron chi connectivity index (χ3n) is 3.93. The summed E-state index contributed by atoms with van der Waals surface area (Å²) in [6.07, 6.45) is 3.16. The molecule has 1 aromatic carbocycles. The summed E-state index contributed by atoms with van der Waals surface area (Å²) >= 11 is 0. The fourth-order valence-corrected chi connectivity index (χ4v) is 2.61. The van der Waals surface area contributed by atoms with E-state index in [0.717, 1.165) is 11.3 Å². The Morgan fingerprint density at radius 3 is 2.48 bits per heavy atom. The van der Waals surface area contributed by atoms with Gasteiger partial charge < -0.3 is 26.5 Å². The lowest BCUT2D eigenvalue weighted by atomic mass is 10.2. The molecule has 0 fully saturated rings. The van der Waals surface area contributed by atoms with Gasteiger partial charge in [-0.15, -0.1) is 0 Å². The summed E-state index contributed by atoms with van der Waals surface area (Å²) in [7, 11) is 0. The number of hydrogen-bond acceptors (Lipinski definition) is 8. The molecule has 0 radical (unpaired) electrons. The van der Waals surface area contributed by atoms with Crippen LogP contribution in [0.1, 0.15) is 0 Å². The van der Waals surface area contributed by atoms with Crippen LogP contribution in [0, 0.1) is 0 Å². The van der Waals surface area contributed by atoms with Crippen LogP contribution in [0.4, 0.5) is 23.3 Å². The lowest BCUT2D eigenvalue weighted by molar-refractivity contribution is 0.481. The SMILES string of the molecule is Nc1ccc(-c2cc(Nc3ccc(Oc4cc[nH]c(=O)c4)cc3)nc(N)n2)cn1. The molecule has 4 rings (SSSR count). The molecule has 0 saturated heterocycles. The largest absolute Gasteiger partial charge is 0.457 e. The van der Waals surface area contributed by atoms with Crippen molar-refractivity contribution >= 4 is 23.3 Å². The minimum atomic E-state index is -0.228. The predicted molar refractivity (Wildman–Crippen MR) is 111 cm³/mol. The van der Waals surface area contributed by atoms with Crippen molar-refractivity contribution in [1.82, 2.24) is 19.9 Å². The van der Waals surface area contributed by atoms with Gasteiger partial charge in [-0.2, -0.15) is 4.98 Å². The second-order valence-corrected chi connectivity index (χ2v) is 6.11. The molecule has 0 unspecified atom stereocenters. The van der Waals surface area contributed by atoms with Gasteiger partial charge in [0.25, 0.3) is 5.56 Å². The first-order chi connectivity index (χ1) is 14.0. The standard InChI is InChI=1S/C20H17N7O2/c21-17-6-1-12(11-24-17)16-10-18(27-20(22)26-16)25-13-2-4-14(5-3-13)29-15-7-8-23-19(28)9-15/h1-11H,(H2,21,24)(H,23,28)(H3,22,25,26,27). The van der Waals surface area contributed by atoms with Gasteiger partial charge in [0, 0.05) is 35.8 Å². The number of aromatic nitrogens is 4. The summed E-state index contributed by atoms with van der Waals surface area (Å²) in [5.74, 6) is 2.15.